The van der Waals surface area contributed by atoms with Gasteiger partial charge in [-0.1, -0.05) is 33.8 Å². The third-order valence-electron chi connectivity index (χ3n) is 7.70. The summed E-state index contributed by atoms with van der Waals surface area (Å²) >= 11 is 0. The quantitative estimate of drug-likeness (QED) is 0.191. The van der Waals surface area contributed by atoms with Gasteiger partial charge in [-0.25, -0.2) is 4.39 Å². The van der Waals surface area contributed by atoms with Gasteiger partial charge in [-0.15, -0.1) is 0 Å². The third kappa shape index (κ3) is 10.4. The summed E-state index contributed by atoms with van der Waals surface area (Å²) in [5.41, 5.74) is 1.17. The van der Waals surface area contributed by atoms with Crippen molar-refractivity contribution in [3.63, 3.8) is 0 Å². The fourth-order valence-electron chi connectivity index (χ4n) is 5.19. The number of methoxy groups -OCH3 is 2. The van der Waals surface area contributed by atoms with Crippen LogP contribution in [-0.2, 0) is 16.0 Å². The van der Waals surface area contributed by atoms with Crippen molar-refractivity contribution in [2.24, 2.45) is 23.7 Å². The fraction of sp³-hybridized carbons (Fsp3) is 0.767. The van der Waals surface area contributed by atoms with Crippen LogP contribution >= 0.6 is 0 Å². The highest BCUT2D eigenvalue weighted by Gasteiger charge is 2.37. The standard InChI is InChI=1S/C30H50FNO5/c1-21(2)24(18-23-10-13-27(36-6)28(19-23)37-17-9-16-35-5)11-12-25(33)20-26(22(3)4)29(34)32-30(31)14-7-8-15-30/h10,13,19,21-22,24-26,33H,7-9,11-12,14-18,20H2,1-6H3,(H,32,34)/t24-,25-,26+/m1/s1. The lowest BCUT2D eigenvalue weighted by molar-refractivity contribution is -0.132. The average Bonchev–Trinajstić information content (AvgIpc) is 3.28. The Hall–Kier alpha value is -1.86. The molecule has 1 aromatic carbocycles. The normalized spacial score (nSPS) is 17.6. The van der Waals surface area contributed by atoms with E-state index in [1.54, 1.807) is 14.2 Å². The smallest absolute Gasteiger partial charge is 0.225 e. The maximum absolute atomic E-state index is 14.8. The Bertz CT molecular complexity index is 809. The minimum absolute atomic E-state index is 0.0298. The Morgan fingerprint density at radius 3 is 2.35 bits per heavy atom. The van der Waals surface area contributed by atoms with E-state index < -0.39 is 17.8 Å². The van der Waals surface area contributed by atoms with Gasteiger partial charge < -0.3 is 24.6 Å². The lowest BCUT2D eigenvalue weighted by Crippen LogP contribution is -2.47. The van der Waals surface area contributed by atoms with Gasteiger partial charge >= 0.3 is 0 Å². The van der Waals surface area contributed by atoms with Gasteiger partial charge in [-0.05, 0) is 74.0 Å². The lowest BCUT2D eigenvalue weighted by atomic mass is 9.82. The van der Waals surface area contributed by atoms with Gasteiger partial charge in [-0.3, -0.25) is 4.79 Å². The molecule has 1 fully saturated rings. The maximum Gasteiger partial charge on any atom is 0.225 e. The van der Waals surface area contributed by atoms with Crippen LogP contribution in [0.2, 0.25) is 0 Å². The largest absolute Gasteiger partial charge is 0.493 e. The van der Waals surface area contributed by atoms with Crippen LogP contribution in [0.5, 0.6) is 11.5 Å². The van der Waals surface area contributed by atoms with E-state index in [2.05, 4.69) is 25.2 Å². The molecule has 0 unspecified atom stereocenters. The van der Waals surface area contributed by atoms with Gasteiger partial charge in [0.1, 0.15) is 0 Å². The zero-order chi connectivity index (χ0) is 27.4. The van der Waals surface area contributed by atoms with Gasteiger partial charge in [0, 0.05) is 38.9 Å². The number of amides is 1. The number of carbonyl (C=O) groups excluding carboxylic acids is 1. The predicted octanol–water partition coefficient (Wildman–Crippen LogP) is 6.08. The van der Waals surface area contributed by atoms with Gasteiger partial charge in [0.25, 0.3) is 0 Å². The molecule has 0 heterocycles. The molecule has 1 aromatic rings. The van der Waals surface area contributed by atoms with Crippen molar-refractivity contribution in [1.82, 2.24) is 5.32 Å². The van der Waals surface area contributed by atoms with Crippen molar-refractivity contribution in [3.05, 3.63) is 23.8 Å². The molecule has 0 aromatic heterocycles. The van der Waals surface area contributed by atoms with E-state index in [1.165, 1.54) is 5.56 Å². The van der Waals surface area contributed by atoms with Crippen LogP contribution < -0.4 is 14.8 Å². The van der Waals surface area contributed by atoms with E-state index in [-0.39, 0.29) is 11.8 Å². The van der Waals surface area contributed by atoms with E-state index in [1.807, 2.05) is 26.0 Å². The monoisotopic (exact) mass is 523 g/mol. The van der Waals surface area contributed by atoms with Crippen molar-refractivity contribution >= 4 is 5.91 Å². The number of aliphatic hydroxyl groups excluding tert-OH is 1. The topological polar surface area (TPSA) is 77.0 Å². The zero-order valence-corrected chi connectivity index (χ0v) is 23.9. The predicted molar refractivity (Wildman–Crippen MR) is 146 cm³/mol. The SMILES string of the molecule is COCCCOc1cc(C[C@@H](CC[C@@H](O)C[C@H](C(=O)NC2(F)CCCC2)C(C)C)C(C)C)ccc1OC. The fourth-order valence-corrected chi connectivity index (χ4v) is 5.19. The molecular formula is C30H50FNO5. The Labute approximate surface area is 223 Å². The summed E-state index contributed by atoms with van der Waals surface area (Å²) in [4.78, 5) is 12.9. The molecule has 2 N–H and O–H groups in total. The van der Waals surface area contributed by atoms with Crippen molar-refractivity contribution in [3.8, 4) is 11.5 Å². The number of aliphatic hydroxyl groups is 1. The Morgan fingerprint density at radius 2 is 1.76 bits per heavy atom. The Balaban J connectivity index is 1.95. The zero-order valence-electron chi connectivity index (χ0n) is 23.9. The van der Waals surface area contributed by atoms with Crippen LogP contribution in [-0.4, -0.2) is 50.3 Å². The van der Waals surface area contributed by atoms with Crippen LogP contribution in [0.1, 0.15) is 84.6 Å². The second-order valence-electron chi connectivity index (χ2n) is 11.4. The third-order valence-corrected chi connectivity index (χ3v) is 7.70. The van der Waals surface area contributed by atoms with Crippen LogP contribution in [0.15, 0.2) is 18.2 Å². The van der Waals surface area contributed by atoms with Crippen LogP contribution in [0.3, 0.4) is 0 Å². The summed E-state index contributed by atoms with van der Waals surface area (Å²) in [6.45, 7) is 9.54. The van der Waals surface area contributed by atoms with Crippen LogP contribution in [0, 0.1) is 23.7 Å². The molecule has 1 amide bonds. The van der Waals surface area contributed by atoms with E-state index in [4.69, 9.17) is 14.2 Å². The van der Waals surface area contributed by atoms with E-state index in [0.717, 1.165) is 37.9 Å². The molecule has 0 spiro atoms. The summed E-state index contributed by atoms with van der Waals surface area (Å²) in [6, 6.07) is 6.06. The van der Waals surface area contributed by atoms with Crippen molar-refractivity contribution in [1.29, 1.82) is 0 Å². The minimum atomic E-state index is -1.58. The number of benzene rings is 1. The molecule has 6 nitrogen and oxygen atoms in total. The first-order valence-corrected chi connectivity index (χ1v) is 14.1. The number of rotatable bonds is 17. The number of alkyl halides is 1. The van der Waals surface area contributed by atoms with E-state index >= 15 is 0 Å². The number of nitrogens with one attached hydrogen (secondary N) is 1. The molecular weight excluding hydrogens is 473 g/mol. The van der Waals surface area contributed by atoms with Crippen molar-refractivity contribution < 1.29 is 28.5 Å². The first-order chi connectivity index (χ1) is 17.6. The van der Waals surface area contributed by atoms with Gasteiger partial charge in [0.15, 0.2) is 17.3 Å². The molecule has 212 valence electrons. The molecule has 0 bridgehead atoms. The summed E-state index contributed by atoms with van der Waals surface area (Å²) in [7, 11) is 3.32. The van der Waals surface area contributed by atoms with Gasteiger partial charge in [0.2, 0.25) is 5.91 Å². The van der Waals surface area contributed by atoms with Gasteiger partial charge in [-0.2, -0.15) is 0 Å². The number of hydrogen-bond donors (Lipinski definition) is 2. The van der Waals surface area contributed by atoms with E-state index in [0.29, 0.717) is 56.5 Å². The second-order valence-corrected chi connectivity index (χ2v) is 11.4. The number of hydrogen-bond acceptors (Lipinski definition) is 5. The molecule has 0 saturated heterocycles. The lowest BCUT2D eigenvalue weighted by Gasteiger charge is -2.28. The first-order valence-electron chi connectivity index (χ1n) is 14.1. The maximum atomic E-state index is 14.8. The molecule has 0 aliphatic heterocycles. The summed E-state index contributed by atoms with van der Waals surface area (Å²) in [5, 5.41) is 13.5. The molecule has 7 heteroatoms. The number of ether oxygens (including phenoxy) is 3. The highest BCUT2D eigenvalue weighted by molar-refractivity contribution is 5.79. The van der Waals surface area contributed by atoms with Crippen LogP contribution in [0.4, 0.5) is 4.39 Å². The molecule has 0 radical (unpaired) electrons. The molecule has 2 rings (SSSR count). The van der Waals surface area contributed by atoms with Crippen molar-refractivity contribution in [2.45, 2.75) is 97.4 Å². The highest BCUT2D eigenvalue weighted by Crippen LogP contribution is 2.33. The van der Waals surface area contributed by atoms with Gasteiger partial charge in [0.05, 0.1) is 19.8 Å². The summed E-state index contributed by atoms with van der Waals surface area (Å²) in [6.07, 6.45) is 5.24. The molecule has 3 atom stereocenters. The molecule has 37 heavy (non-hydrogen) atoms. The van der Waals surface area contributed by atoms with E-state index in [9.17, 15) is 14.3 Å². The minimum Gasteiger partial charge on any atom is -0.493 e. The second kappa shape index (κ2) is 15.5. The molecule has 1 aliphatic rings. The molecule has 1 aliphatic carbocycles. The van der Waals surface area contributed by atoms with Crippen LogP contribution in [0.25, 0.3) is 0 Å². The summed E-state index contributed by atoms with van der Waals surface area (Å²) in [5.74, 6) is 0.0162. The Morgan fingerprint density at radius 1 is 1.05 bits per heavy atom. The number of halogens is 1. The molecule has 1 saturated carbocycles. The number of carbonyl (C=O) groups is 1. The average molecular weight is 524 g/mol. The Kier molecular flexibility index (Phi) is 13.2. The highest BCUT2D eigenvalue weighted by atomic mass is 19.1. The summed E-state index contributed by atoms with van der Waals surface area (Å²) < 4.78 is 31.3. The van der Waals surface area contributed by atoms with Crippen molar-refractivity contribution in [2.75, 3.05) is 27.4 Å². The first kappa shape index (κ1) is 31.4.